The third-order valence-corrected chi connectivity index (χ3v) is 28.6. The highest BCUT2D eigenvalue weighted by Crippen LogP contribution is 2.59. The van der Waals surface area contributed by atoms with Gasteiger partial charge in [0.05, 0.1) is 0 Å². The first-order valence-electron chi connectivity index (χ1n) is 32.4. The van der Waals surface area contributed by atoms with Gasteiger partial charge in [-0.05, 0) is 190 Å². The van der Waals surface area contributed by atoms with E-state index in [9.17, 15) is 0 Å². The Labute approximate surface area is 590 Å². The van der Waals surface area contributed by atoms with Crippen LogP contribution in [0.15, 0.2) is 182 Å². The largest absolute Gasteiger partial charge is 0.134 e. The van der Waals surface area contributed by atoms with Gasteiger partial charge in [0, 0.05) is 87.8 Å². The zero-order valence-corrected chi connectivity index (χ0v) is 64.3. The second kappa shape index (κ2) is 24.7. The molecular weight excluding hydrogens is 1300 g/mol. The minimum Gasteiger partial charge on any atom is -0.134 e. The summed E-state index contributed by atoms with van der Waals surface area (Å²) < 4.78 is 0. The molecule has 0 aliphatic heterocycles. The summed E-state index contributed by atoms with van der Waals surface area (Å²) >= 11 is 17.6. The highest BCUT2D eigenvalue weighted by molar-refractivity contribution is 7.30. The third kappa shape index (κ3) is 13.1. The van der Waals surface area contributed by atoms with Crippen molar-refractivity contribution >= 4 is 102 Å². The summed E-state index contributed by atoms with van der Waals surface area (Å²) in [4.78, 5) is 24.2. The second-order valence-electron chi connectivity index (χ2n) is 30.9. The van der Waals surface area contributed by atoms with Crippen LogP contribution in [-0.2, 0) is 32.5 Å². The van der Waals surface area contributed by atoms with Crippen molar-refractivity contribution < 1.29 is 0 Å². The summed E-state index contributed by atoms with van der Waals surface area (Å²) in [7, 11) is 0. The Bertz CT molecular complexity index is 4320. The van der Waals surface area contributed by atoms with Crippen LogP contribution in [-0.4, -0.2) is 0 Å². The number of benzene rings is 4. The standard InChI is InChI=1S/C84H84S9/c1-79(2,3)67-70(82(10,11)12)76(91-73(67)61-40-34-55(85-61)49-28-22-19-23-29-49)64-43-37-58(88-64)52-46-53(59-38-44-65(89-59)77-71(83(13,14)15)68(80(4,5)6)74(92-77)62-41-35-56(86-62)50-30-24-20-25-31-50)48-54(47-52)60-39-45-66(90-60)78-72(84(16,17)18)69(81(7,8)9)75(93-78)63-42-36-57(87-63)51-32-26-21-27-33-51/h19-48H,1-18H3. The van der Waals surface area contributed by atoms with Crippen molar-refractivity contribution in [3.8, 4) is 121 Å². The molecule has 0 amide bonds. The van der Waals surface area contributed by atoms with E-state index in [-0.39, 0.29) is 32.5 Å². The summed E-state index contributed by atoms with van der Waals surface area (Å²) in [5.74, 6) is 0. The van der Waals surface area contributed by atoms with Crippen molar-refractivity contribution in [1.82, 2.24) is 0 Å². The van der Waals surface area contributed by atoms with E-state index in [1.54, 1.807) is 0 Å². The minimum absolute atomic E-state index is 0.0724. The Kier molecular flexibility index (Phi) is 17.5. The molecule has 0 atom stereocenters. The zero-order valence-electron chi connectivity index (χ0n) is 57.0. The molecular formula is C84H84S9. The maximum Gasteiger partial charge on any atom is 0.0490 e. The molecule has 0 aliphatic carbocycles. The van der Waals surface area contributed by atoms with Crippen LogP contribution in [0.2, 0.25) is 0 Å². The van der Waals surface area contributed by atoms with Crippen LogP contribution in [0.4, 0.5) is 0 Å². The van der Waals surface area contributed by atoms with Gasteiger partial charge in [0.2, 0.25) is 0 Å². The molecule has 0 saturated heterocycles. The molecule has 0 spiro atoms. The number of rotatable bonds is 12. The van der Waals surface area contributed by atoms with E-state index < -0.39 is 0 Å². The van der Waals surface area contributed by atoms with Crippen molar-refractivity contribution in [2.24, 2.45) is 0 Å². The van der Waals surface area contributed by atoms with Gasteiger partial charge in [-0.3, -0.25) is 0 Å². The topological polar surface area (TPSA) is 0 Å². The monoisotopic (exact) mass is 1380 g/mol. The first kappa shape index (κ1) is 65.8. The summed E-state index contributed by atoms with van der Waals surface area (Å²) in [5.41, 5.74) is 15.9. The van der Waals surface area contributed by atoms with Crippen molar-refractivity contribution in [3.63, 3.8) is 0 Å². The van der Waals surface area contributed by atoms with Gasteiger partial charge in [0.15, 0.2) is 0 Å². The lowest BCUT2D eigenvalue weighted by Gasteiger charge is -2.29. The lowest BCUT2D eigenvalue weighted by molar-refractivity contribution is 0.536. The van der Waals surface area contributed by atoms with E-state index in [4.69, 9.17) is 0 Å². The molecule has 0 bridgehead atoms. The fourth-order valence-electron chi connectivity index (χ4n) is 13.2. The summed E-state index contributed by atoms with van der Waals surface area (Å²) in [6.07, 6.45) is 0. The highest BCUT2D eigenvalue weighted by atomic mass is 32.1. The lowest BCUT2D eigenvalue weighted by Crippen LogP contribution is -2.21. The van der Waals surface area contributed by atoms with Gasteiger partial charge in [0.25, 0.3) is 0 Å². The van der Waals surface area contributed by atoms with Crippen LogP contribution in [0, 0.1) is 0 Å². The summed E-state index contributed by atoms with van der Waals surface area (Å²) in [6.45, 7) is 43.5. The smallest absolute Gasteiger partial charge is 0.0490 e. The molecule has 0 radical (unpaired) electrons. The SMILES string of the molecule is CC(C)(C)c1c(-c2ccc(-c3ccccc3)s2)sc(-c2ccc(-c3cc(-c4ccc(-c5sc(-c6ccc(-c7ccccc7)s6)c(C(C)(C)C)c5C(C)(C)C)s4)cc(-c4ccc(-c5sc(-c6ccc(-c7ccccc7)s6)c(C(C)(C)C)c5C(C)(C)C)s4)c3)s2)c1C(C)(C)C. The predicted molar refractivity (Wildman–Crippen MR) is 425 cm³/mol. The van der Waals surface area contributed by atoms with Gasteiger partial charge < -0.3 is 0 Å². The average Bonchev–Trinajstić information content (AvgIpc) is 1.60. The fraction of sp³-hybridized carbons (Fsp3) is 0.286. The minimum atomic E-state index is -0.0887. The highest BCUT2D eigenvalue weighted by Gasteiger charge is 2.39. The van der Waals surface area contributed by atoms with Gasteiger partial charge >= 0.3 is 0 Å². The molecule has 13 aromatic rings. The van der Waals surface area contributed by atoms with E-state index in [1.165, 1.54) is 155 Å². The third-order valence-electron chi connectivity index (χ3n) is 17.2. The van der Waals surface area contributed by atoms with Crippen molar-refractivity contribution in [3.05, 3.63) is 215 Å². The van der Waals surface area contributed by atoms with Crippen molar-refractivity contribution in [1.29, 1.82) is 0 Å². The van der Waals surface area contributed by atoms with Gasteiger partial charge in [-0.2, -0.15) is 0 Å². The van der Waals surface area contributed by atoms with Gasteiger partial charge in [-0.25, -0.2) is 0 Å². The molecule has 9 aromatic heterocycles. The normalized spacial score (nSPS) is 12.8. The Morgan fingerprint density at radius 3 is 0.473 bits per heavy atom. The second-order valence-corrected chi connectivity index (χ2v) is 40.5. The first-order chi connectivity index (χ1) is 43.9. The molecule has 0 saturated carbocycles. The van der Waals surface area contributed by atoms with Crippen molar-refractivity contribution in [2.75, 3.05) is 0 Å². The van der Waals surface area contributed by atoms with E-state index >= 15 is 0 Å². The van der Waals surface area contributed by atoms with Crippen LogP contribution in [0.25, 0.3) is 121 Å². The molecule has 0 N–H and O–H groups in total. The van der Waals surface area contributed by atoms with Gasteiger partial charge in [-0.1, -0.05) is 216 Å². The summed E-state index contributed by atoms with van der Waals surface area (Å²) in [6, 6.07) is 68.7. The molecule has 0 fully saturated rings. The van der Waals surface area contributed by atoms with E-state index in [0.29, 0.717) is 0 Å². The molecule has 0 unspecified atom stereocenters. The van der Waals surface area contributed by atoms with Gasteiger partial charge in [-0.15, -0.1) is 102 Å². The summed E-state index contributed by atoms with van der Waals surface area (Å²) in [5, 5.41) is 0. The molecule has 9 heteroatoms. The molecule has 0 nitrogen and oxygen atoms in total. The first-order valence-corrected chi connectivity index (χ1v) is 39.7. The Morgan fingerprint density at radius 2 is 0.312 bits per heavy atom. The van der Waals surface area contributed by atoms with E-state index in [0.717, 1.165) is 0 Å². The Hall–Kier alpha value is -5.82. The zero-order chi connectivity index (χ0) is 65.9. The van der Waals surface area contributed by atoms with E-state index in [2.05, 4.69) is 307 Å². The van der Waals surface area contributed by atoms with Crippen LogP contribution < -0.4 is 0 Å². The van der Waals surface area contributed by atoms with Crippen LogP contribution in [0.3, 0.4) is 0 Å². The Balaban J connectivity index is 0.966. The predicted octanol–water partition coefficient (Wildman–Crippen LogP) is 30.0. The number of thiophene rings is 9. The molecule has 4 aromatic carbocycles. The Morgan fingerprint density at radius 1 is 0.161 bits per heavy atom. The van der Waals surface area contributed by atoms with E-state index in [1.807, 2.05) is 102 Å². The molecule has 13 rings (SSSR count). The quantitative estimate of drug-likeness (QED) is 0.114. The molecule has 9 heterocycles. The van der Waals surface area contributed by atoms with Crippen molar-refractivity contribution in [2.45, 2.75) is 157 Å². The number of hydrogen-bond acceptors (Lipinski definition) is 9. The van der Waals surface area contributed by atoms with Crippen LogP contribution in [0.5, 0.6) is 0 Å². The number of hydrogen-bond donors (Lipinski definition) is 0. The molecule has 0 aliphatic rings. The van der Waals surface area contributed by atoms with Gasteiger partial charge in [0.1, 0.15) is 0 Å². The lowest BCUT2D eigenvalue weighted by atomic mass is 9.75. The van der Waals surface area contributed by atoms with Crippen LogP contribution in [0.1, 0.15) is 158 Å². The molecule has 474 valence electrons. The maximum atomic E-state index is 2.50. The van der Waals surface area contributed by atoms with Crippen LogP contribution >= 0.6 is 102 Å². The fourth-order valence-corrected chi connectivity index (χ4v) is 25.1. The average molecular weight is 1380 g/mol. The maximum absolute atomic E-state index is 2.50. The molecule has 93 heavy (non-hydrogen) atoms.